The van der Waals surface area contributed by atoms with Crippen molar-refractivity contribution >= 4 is 27.5 Å². The molecule has 0 unspecified atom stereocenters. The Balaban J connectivity index is 2.06. The Labute approximate surface area is 125 Å². The van der Waals surface area contributed by atoms with Gasteiger partial charge in [0.1, 0.15) is 10.7 Å². The first-order valence-electron chi connectivity index (χ1n) is 6.71. The van der Waals surface area contributed by atoms with Gasteiger partial charge in [0, 0.05) is 6.54 Å². The van der Waals surface area contributed by atoms with E-state index >= 15 is 0 Å². The second-order valence-electron chi connectivity index (χ2n) is 4.61. The van der Waals surface area contributed by atoms with E-state index < -0.39 is 0 Å². The summed E-state index contributed by atoms with van der Waals surface area (Å²) in [5.41, 5.74) is 2.03. The molecule has 0 amide bonds. The van der Waals surface area contributed by atoms with Crippen LogP contribution in [0.25, 0.3) is 11.0 Å². The molecule has 3 rings (SSSR count). The SMILES string of the molecule is CCNc1nnc(Cn2c(=O)c(C)nc3ccccc32)s1. The minimum Gasteiger partial charge on any atom is -0.360 e. The van der Waals surface area contributed by atoms with Gasteiger partial charge in [-0.15, -0.1) is 10.2 Å². The van der Waals surface area contributed by atoms with Crippen molar-refractivity contribution in [3.05, 3.63) is 45.3 Å². The van der Waals surface area contributed by atoms with E-state index in [9.17, 15) is 4.79 Å². The minimum absolute atomic E-state index is 0.0890. The fourth-order valence-corrected chi connectivity index (χ4v) is 2.95. The van der Waals surface area contributed by atoms with Crippen molar-refractivity contribution in [3.63, 3.8) is 0 Å². The molecular formula is C14H15N5OS. The van der Waals surface area contributed by atoms with Crippen molar-refractivity contribution < 1.29 is 0 Å². The number of aryl methyl sites for hydroxylation is 1. The molecule has 6 nitrogen and oxygen atoms in total. The van der Waals surface area contributed by atoms with Crippen molar-refractivity contribution in [1.29, 1.82) is 0 Å². The number of fused-ring (bicyclic) bond motifs is 1. The molecule has 0 spiro atoms. The van der Waals surface area contributed by atoms with E-state index in [4.69, 9.17) is 0 Å². The van der Waals surface area contributed by atoms with Crippen molar-refractivity contribution in [2.24, 2.45) is 0 Å². The summed E-state index contributed by atoms with van der Waals surface area (Å²) in [5.74, 6) is 0. The number of nitrogens with zero attached hydrogens (tertiary/aromatic N) is 4. The molecule has 0 saturated carbocycles. The maximum absolute atomic E-state index is 12.4. The van der Waals surface area contributed by atoms with Gasteiger partial charge in [0.25, 0.3) is 5.56 Å². The molecule has 3 aromatic rings. The molecule has 0 aliphatic carbocycles. The summed E-state index contributed by atoms with van der Waals surface area (Å²) in [6.07, 6.45) is 0. The third-order valence-electron chi connectivity index (χ3n) is 3.10. The Morgan fingerprint density at radius 2 is 2.10 bits per heavy atom. The van der Waals surface area contributed by atoms with Gasteiger partial charge in [-0.3, -0.25) is 9.36 Å². The number of aromatic nitrogens is 4. The lowest BCUT2D eigenvalue weighted by Crippen LogP contribution is -2.24. The number of nitrogens with one attached hydrogen (secondary N) is 1. The van der Waals surface area contributed by atoms with E-state index in [0.29, 0.717) is 12.2 Å². The van der Waals surface area contributed by atoms with Crippen LogP contribution in [-0.4, -0.2) is 26.3 Å². The molecule has 2 aromatic heterocycles. The van der Waals surface area contributed by atoms with E-state index in [1.807, 2.05) is 31.2 Å². The summed E-state index contributed by atoms with van der Waals surface area (Å²) >= 11 is 1.46. The van der Waals surface area contributed by atoms with Crippen LogP contribution in [0, 0.1) is 6.92 Å². The highest BCUT2D eigenvalue weighted by atomic mass is 32.1. The molecule has 0 radical (unpaired) electrons. The van der Waals surface area contributed by atoms with Crippen molar-refractivity contribution in [1.82, 2.24) is 19.7 Å². The minimum atomic E-state index is -0.0890. The van der Waals surface area contributed by atoms with E-state index in [0.717, 1.165) is 27.7 Å². The molecule has 2 heterocycles. The fourth-order valence-electron chi connectivity index (χ4n) is 2.15. The number of rotatable bonds is 4. The standard InChI is InChI=1S/C14H15N5OS/c1-3-15-14-18-17-12(21-14)8-19-11-7-5-4-6-10(11)16-9(2)13(19)20/h4-7H,3,8H2,1-2H3,(H,15,18). The zero-order valence-electron chi connectivity index (χ0n) is 11.8. The lowest BCUT2D eigenvalue weighted by molar-refractivity contribution is 0.760. The van der Waals surface area contributed by atoms with Gasteiger partial charge < -0.3 is 5.32 Å². The summed E-state index contributed by atoms with van der Waals surface area (Å²) in [5, 5.41) is 12.9. The second-order valence-corrected chi connectivity index (χ2v) is 5.67. The summed E-state index contributed by atoms with van der Waals surface area (Å²) < 4.78 is 1.70. The smallest absolute Gasteiger partial charge is 0.272 e. The summed E-state index contributed by atoms with van der Waals surface area (Å²) in [6, 6.07) is 7.62. The molecule has 0 aliphatic heterocycles. The third-order valence-corrected chi connectivity index (χ3v) is 3.97. The van der Waals surface area contributed by atoms with E-state index in [-0.39, 0.29) is 5.56 Å². The molecule has 21 heavy (non-hydrogen) atoms. The Morgan fingerprint density at radius 1 is 1.29 bits per heavy atom. The van der Waals surface area contributed by atoms with Crippen molar-refractivity contribution in [2.75, 3.05) is 11.9 Å². The van der Waals surface area contributed by atoms with Gasteiger partial charge in [-0.05, 0) is 26.0 Å². The fraction of sp³-hybridized carbons (Fsp3) is 0.286. The molecule has 108 valence electrons. The molecule has 1 N–H and O–H groups in total. The number of para-hydroxylation sites is 2. The normalized spacial score (nSPS) is 11.0. The van der Waals surface area contributed by atoms with Crippen LogP contribution >= 0.6 is 11.3 Å². The van der Waals surface area contributed by atoms with E-state index in [1.165, 1.54) is 11.3 Å². The first-order valence-corrected chi connectivity index (χ1v) is 7.53. The zero-order valence-corrected chi connectivity index (χ0v) is 12.6. The van der Waals surface area contributed by atoms with Crippen LogP contribution in [0.15, 0.2) is 29.1 Å². The van der Waals surface area contributed by atoms with Crippen LogP contribution in [0.4, 0.5) is 5.13 Å². The number of benzene rings is 1. The van der Waals surface area contributed by atoms with Gasteiger partial charge in [-0.25, -0.2) is 4.98 Å². The van der Waals surface area contributed by atoms with Crippen LogP contribution in [0.2, 0.25) is 0 Å². The largest absolute Gasteiger partial charge is 0.360 e. The predicted octanol–water partition coefficient (Wildman–Crippen LogP) is 2.04. The summed E-state index contributed by atoms with van der Waals surface area (Å²) in [7, 11) is 0. The van der Waals surface area contributed by atoms with Crippen LogP contribution < -0.4 is 10.9 Å². The van der Waals surface area contributed by atoms with Crippen LogP contribution in [-0.2, 0) is 6.54 Å². The maximum Gasteiger partial charge on any atom is 0.272 e. The quantitative estimate of drug-likeness (QED) is 0.798. The van der Waals surface area contributed by atoms with Crippen LogP contribution in [0.1, 0.15) is 17.6 Å². The maximum atomic E-state index is 12.4. The van der Waals surface area contributed by atoms with Gasteiger partial charge in [-0.2, -0.15) is 0 Å². The first-order chi connectivity index (χ1) is 10.2. The Kier molecular flexibility index (Phi) is 3.66. The van der Waals surface area contributed by atoms with Crippen LogP contribution in [0.3, 0.4) is 0 Å². The number of hydrogen-bond acceptors (Lipinski definition) is 6. The third kappa shape index (κ3) is 2.64. The van der Waals surface area contributed by atoms with Gasteiger partial charge >= 0.3 is 0 Å². The molecule has 0 bridgehead atoms. The van der Waals surface area contributed by atoms with Gasteiger partial charge in [-0.1, -0.05) is 23.5 Å². The Bertz CT molecular complexity index is 839. The van der Waals surface area contributed by atoms with E-state index in [2.05, 4.69) is 20.5 Å². The molecule has 0 saturated heterocycles. The Hall–Kier alpha value is -2.28. The lowest BCUT2D eigenvalue weighted by atomic mass is 10.3. The highest BCUT2D eigenvalue weighted by Crippen LogP contribution is 2.17. The zero-order chi connectivity index (χ0) is 14.8. The Morgan fingerprint density at radius 3 is 2.90 bits per heavy atom. The molecule has 0 atom stereocenters. The van der Waals surface area contributed by atoms with Crippen molar-refractivity contribution in [3.8, 4) is 0 Å². The molecule has 0 aliphatic rings. The second kappa shape index (κ2) is 5.61. The predicted molar refractivity (Wildman–Crippen MR) is 83.9 cm³/mol. The van der Waals surface area contributed by atoms with Crippen molar-refractivity contribution in [2.45, 2.75) is 20.4 Å². The average Bonchev–Trinajstić information content (AvgIpc) is 2.92. The number of anilines is 1. The molecule has 0 fully saturated rings. The average molecular weight is 301 g/mol. The number of hydrogen-bond donors (Lipinski definition) is 1. The van der Waals surface area contributed by atoms with Gasteiger partial charge in [0.15, 0.2) is 0 Å². The highest BCUT2D eigenvalue weighted by Gasteiger charge is 2.11. The van der Waals surface area contributed by atoms with E-state index in [1.54, 1.807) is 11.5 Å². The monoisotopic (exact) mass is 301 g/mol. The highest BCUT2D eigenvalue weighted by molar-refractivity contribution is 7.15. The van der Waals surface area contributed by atoms with Gasteiger partial charge in [0.2, 0.25) is 5.13 Å². The summed E-state index contributed by atoms with van der Waals surface area (Å²) in [4.78, 5) is 16.7. The van der Waals surface area contributed by atoms with Crippen LogP contribution in [0.5, 0.6) is 0 Å². The summed E-state index contributed by atoms with van der Waals surface area (Å²) in [6.45, 7) is 4.94. The first kappa shape index (κ1) is 13.7. The molecule has 7 heteroatoms. The molecule has 1 aromatic carbocycles. The topological polar surface area (TPSA) is 72.7 Å². The lowest BCUT2D eigenvalue weighted by Gasteiger charge is -2.08. The molecular weight excluding hydrogens is 286 g/mol. The van der Waals surface area contributed by atoms with Gasteiger partial charge in [0.05, 0.1) is 17.6 Å².